The molecule has 0 saturated heterocycles. The lowest BCUT2D eigenvalue weighted by molar-refractivity contribution is 0.0245. The van der Waals surface area contributed by atoms with Gasteiger partial charge in [-0.25, -0.2) is 0 Å². The van der Waals surface area contributed by atoms with E-state index < -0.39 is 0 Å². The van der Waals surface area contributed by atoms with Gasteiger partial charge in [-0.3, -0.25) is 4.79 Å². The number of fused-ring (bicyclic) bond motifs is 1. The normalized spacial score (nSPS) is 16.4. The van der Waals surface area contributed by atoms with Gasteiger partial charge in [0.2, 0.25) is 0 Å². The highest BCUT2D eigenvalue weighted by molar-refractivity contribution is 6.00. The lowest BCUT2D eigenvalue weighted by Gasteiger charge is -2.38. The fourth-order valence-corrected chi connectivity index (χ4v) is 3.24. The van der Waals surface area contributed by atoms with Crippen molar-refractivity contribution in [3.8, 4) is 5.75 Å². The van der Waals surface area contributed by atoms with Crippen LogP contribution in [0.2, 0.25) is 0 Å². The average molecular weight is 288 g/mol. The van der Waals surface area contributed by atoms with Crippen molar-refractivity contribution in [3.05, 3.63) is 29.8 Å². The molecule has 0 atom stereocenters. The van der Waals surface area contributed by atoms with Crippen molar-refractivity contribution in [1.29, 1.82) is 0 Å². The van der Waals surface area contributed by atoms with Gasteiger partial charge in [-0.05, 0) is 37.8 Å². The van der Waals surface area contributed by atoms with E-state index in [9.17, 15) is 4.79 Å². The molecule has 0 aliphatic carbocycles. The van der Waals surface area contributed by atoms with Crippen LogP contribution in [0.4, 0.5) is 0 Å². The predicted octanol–water partition coefficient (Wildman–Crippen LogP) is 5.55. The summed E-state index contributed by atoms with van der Waals surface area (Å²) in [6, 6.07) is 7.71. The third-order valence-electron chi connectivity index (χ3n) is 4.47. The number of ketones is 1. The number of unbranched alkanes of at least 4 members (excludes halogenated alkanes) is 4. The van der Waals surface area contributed by atoms with E-state index in [1.807, 2.05) is 24.3 Å². The van der Waals surface area contributed by atoms with Crippen LogP contribution in [0, 0.1) is 0 Å². The van der Waals surface area contributed by atoms with Gasteiger partial charge in [0.1, 0.15) is 11.4 Å². The van der Waals surface area contributed by atoms with Gasteiger partial charge in [-0.15, -0.1) is 0 Å². The number of rotatable bonds is 8. The Bertz CT molecular complexity index is 454. The largest absolute Gasteiger partial charge is 0.486 e. The Morgan fingerprint density at radius 3 is 2.24 bits per heavy atom. The molecule has 2 rings (SSSR count). The van der Waals surface area contributed by atoms with Crippen LogP contribution in [0.5, 0.6) is 5.75 Å². The van der Waals surface area contributed by atoms with Gasteiger partial charge in [-0.2, -0.15) is 0 Å². The quantitative estimate of drug-likeness (QED) is 0.586. The summed E-state index contributed by atoms with van der Waals surface area (Å²) in [7, 11) is 0. The van der Waals surface area contributed by atoms with Crippen molar-refractivity contribution in [2.45, 2.75) is 77.2 Å². The zero-order valence-corrected chi connectivity index (χ0v) is 13.5. The topological polar surface area (TPSA) is 26.3 Å². The first kappa shape index (κ1) is 16.1. The van der Waals surface area contributed by atoms with E-state index in [-0.39, 0.29) is 11.4 Å². The minimum Gasteiger partial charge on any atom is -0.486 e. The molecule has 1 aliphatic heterocycles. The Kier molecular flexibility index (Phi) is 5.84. The summed E-state index contributed by atoms with van der Waals surface area (Å²) in [5.41, 5.74) is 0.509. The van der Waals surface area contributed by atoms with Crippen LogP contribution in [0.25, 0.3) is 0 Å². The summed E-state index contributed by atoms with van der Waals surface area (Å²) >= 11 is 0. The third-order valence-corrected chi connectivity index (χ3v) is 4.47. The van der Waals surface area contributed by atoms with E-state index in [0.717, 1.165) is 37.0 Å². The van der Waals surface area contributed by atoms with Gasteiger partial charge >= 0.3 is 0 Å². The van der Waals surface area contributed by atoms with E-state index in [0.29, 0.717) is 6.42 Å². The van der Waals surface area contributed by atoms with Crippen molar-refractivity contribution in [3.63, 3.8) is 0 Å². The standard InChI is InChI=1S/C19H28O2/c1-3-5-9-13-19(14-10-6-4-2)15-17(20)16-11-7-8-12-18(16)21-19/h7-8,11-12H,3-6,9-10,13-15H2,1-2H3. The molecule has 0 aromatic heterocycles. The van der Waals surface area contributed by atoms with Crippen LogP contribution in [-0.4, -0.2) is 11.4 Å². The number of carbonyl (C=O) groups is 1. The summed E-state index contributed by atoms with van der Waals surface area (Å²) in [5.74, 6) is 1.05. The van der Waals surface area contributed by atoms with Crippen molar-refractivity contribution in [2.24, 2.45) is 0 Å². The molecular weight excluding hydrogens is 260 g/mol. The monoisotopic (exact) mass is 288 g/mol. The van der Waals surface area contributed by atoms with Crippen molar-refractivity contribution in [2.75, 3.05) is 0 Å². The maximum Gasteiger partial charge on any atom is 0.170 e. The number of Topliss-reactive ketones (excluding diaryl/α,β-unsaturated/α-hetero) is 1. The van der Waals surface area contributed by atoms with Crippen molar-refractivity contribution >= 4 is 5.78 Å². The first-order valence-corrected chi connectivity index (χ1v) is 8.52. The number of ether oxygens (including phenoxy) is 1. The van der Waals surface area contributed by atoms with Crippen LogP contribution in [-0.2, 0) is 0 Å². The Labute approximate surface area is 128 Å². The SMILES string of the molecule is CCCCCC1(CCCCC)CC(=O)c2ccccc2O1. The Balaban J connectivity index is 2.14. The molecule has 1 heterocycles. The van der Waals surface area contributed by atoms with Gasteiger partial charge in [0.25, 0.3) is 0 Å². The molecule has 1 aromatic carbocycles. The summed E-state index contributed by atoms with van der Waals surface area (Å²) in [6.07, 6.45) is 9.71. The lowest BCUT2D eigenvalue weighted by atomic mass is 9.82. The van der Waals surface area contributed by atoms with E-state index in [4.69, 9.17) is 4.74 Å². The van der Waals surface area contributed by atoms with Crippen LogP contribution in [0.15, 0.2) is 24.3 Å². The molecule has 0 radical (unpaired) electrons. The second-order valence-electron chi connectivity index (χ2n) is 6.30. The average Bonchev–Trinajstić information content (AvgIpc) is 2.48. The van der Waals surface area contributed by atoms with Gasteiger partial charge in [0.05, 0.1) is 12.0 Å². The smallest absolute Gasteiger partial charge is 0.170 e. The molecule has 2 nitrogen and oxygen atoms in total. The molecule has 21 heavy (non-hydrogen) atoms. The molecule has 0 spiro atoms. The molecule has 116 valence electrons. The number of carbonyl (C=O) groups excluding carboxylic acids is 1. The summed E-state index contributed by atoms with van der Waals surface area (Å²) in [4.78, 5) is 12.5. The fraction of sp³-hybridized carbons (Fsp3) is 0.632. The van der Waals surface area contributed by atoms with E-state index >= 15 is 0 Å². The Morgan fingerprint density at radius 1 is 1.00 bits per heavy atom. The lowest BCUT2D eigenvalue weighted by Crippen LogP contribution is -2.42. The third kappa shape index (κ3) is 4.09. The Hall–Kier alpha value is -1.31. The van der Waals surface area contributed by atoms with Crippen LogP contribution in [0.1, 0.15) is 82.0 Å². The number of hydrogen-bond donors (Lipinski definition) is 0. The number of para-hydroxylation sites is 1. The number of benzene rings is 1. The zero-order chi connectivity index (χ0) is 15.1. The molecule has 1 aliphatic rings. The highest BCUT2D eigenvalue weighted by Crippen LogP contribution is 2.39. The van der Waals surface area contributed by atoms with E-state index in [2.05, 4.69) is 13.8 Å². The van der Waals surface area contributed by atoms with Crippen molar-refractivity contribution < 1.29 is 9.53 Å². The zero-order valence-electron chi connectivity index (χ0n) is 13.5. The molecule has 0 saturated carbocycles. The molecule has 0 fully saturated rings. The maximum atomic E-state index is 12.5. The van der Waals surface area contributed by atoms with Gasteiger partial charge in [0.15, 0.2) is 5.78 Å². The first-order valence-electron chi connectivity index (χ1n) is 8.52. The molecule has 0 amide bonds. The number of hydrogen-bond acceptors (Lipinski definition) is 2. The molecule has 2 heteroatoms. The van der Waals surface area contributed by atoms with E-state index in [1.165, 1.54) is 25.7 Å². The van der Waals surface area contributed by atoms with Gasteiger partial charge in [0, 0.05) is 0 Å². The van der Waals surface area contributed by atoms with Gasteiger partial charge < -0.3 is 4.74 Å². The van der Waals surface area contributed by atoms with Crippen LogP contribution < -0.4 is 4.74 Å². The molecule has 0 unspecified atom stereocenters. The maximum absolute atomic E-state index is 12.5. The summed E-state index contributed by atoms with van der Waals surface area (Å²) in [6.45, 7) is 4.43. The van der Waals surface area contributed by atoms with Gasteiger partial charge in [-0.1, -0.05) is 51.7 Å². The van der Waals surface area contributed by atoms with Crippen molar-refractivity contribution in [1.82, 2.24) is 0 Å². The second-order valence-corrected chi connectivity index (χ2v) is 6.30. The highest BCUT2D eigenvalue weighted by Gasteiger charge is 2.39. The summed E-state index contributed by atoms with van der Waals surface area (Å²) in [5, 5.41) is 0. The first-order chi connectivity index (χ1) is 10.2. The Morgan fingerprint density at radius 2 is 1.62 bits per heavy atom. The molecule has 0 bridgehead atoms. The van der Waals surface area contributed by atoms with Crippen LogP contribution in [0.3, 0.4) is 0 Å². The predicted molar refractivity (Wildman–Crippen MR) is 87.0 cm³/mol. The molecular formula is C19H28O2. The second kappa shape index (κ2) is 7.63. The molecule has 0 N–H and O–H groups in total. The minimum absolute atomic E-state index is 0.254. The van der Waals surface area contributed by atoms with Crippen LogP contribution >= 0.6 is 0 Å². The molecule has 1 aromatic rings. The fourth-order valence-electron chi connectivity index (χ4n) is 3.24. The minimum atomic E-state index is -0.254. The summed E-state index contributed by atoms with van der Waals surface area (Å²) < 4.78 is 6.36. The van der Waals surface area contributed by atoms with E-state index in [1.54, 1.807) is 0 Å². The highest BCUT2D eigenvalue weighted by atomic mass is 16.5.